The molecule has 0 spiro atoms. The van der Waals surface area contributed by atoms with Gasteiger partial charge in [0.15, 0.2) is 0 Å². The number of carbonyl (C=O) groups is 1. The van der Waals surface area contributed by atoms with Crippen LogP contribution in [0.5, 0.6) is 5.75 Å². The molecule has 0 atom stereocenters. The first-order valence-corrected chi connectivity index (χ1v) is 6.30. The molecule has 0 radical (unpaired) electrons. The molecular weight excluding hydrogens is 254 g/mol. The molecule has 0 bridgehead atoms. The van der Waals surface area contributed by atoms with Crippen LogP contribution in [0, 0.1) is 0 Å². The number of carbonyl (C=O) groups excluding carboxylic acids is 1. The average molecular weight is 271 g/mol. The van der Waals surface area contributed by atoms with Gasteiger partial charge in [-0.25, -0.2) is 4.79 Å². The van der Waals surface area contributed by atoms with E-state index in [2.05, 4.69) is 0 Å². The number of para-hydroxylation sites is 2. The van der Waals surface area contributed by atoms with Crippen molar-refractivity contribution in [1.29, 1.82) is 0 Å². The molecule has 0 aliphatic rings. The van der Waals surface area contributed by atoms with Gasteiger partial charge in [0.25, 0.3) is 0 Å². The highest BCUT2D eigenvalue weighted by Crippen LogP contribution is 2.27. The summed E-state index contributed by atoms with van der Waals surface area (Å²) in [6.45, 7) is 0.249. The van der Waals surface area contributed by atoms with E-state index in [1.807, 2.05) is 48.5 Å². The Bertz CT molecular complexity index is 569. The first-order valence-electron chi connectivity index (χ1n) is 6.30. The van der Waals surface area contributed by atoms with Crippen molar-refractivity contribution in [3.05, 3.63) is 60.2 Å². The second kappa shape index (κ2) is 6.61. The van der Waals surface area contributed by atoms with Crippen LogP contribution in [0.15, 0.2) is 54.6 Å². The minimum Gasteiger partial charge on any atom is -0.495 e. The predicted octanol–water partition coefficient (Wildman–Crippen LogP) is 3.47. The van der Waals surface area contributed by atoms with E-state index < -0.39 is 6.09 Å². The average Bonchev–Trinajstić information content (AvgIpc) is 2.52. The lowest BCUT2D eigenvalue weighted by molar-refractivity contribution is 0.148. The minimum absolute atomic E-state index is 0.249. The topological polar surface area (TPSA) is 38.8 Å². The van der Waals surface area contributed by atoms with Gasteiger partial charge >= 0.3 is 6.09 Å². The maximum atomic E-state index is 12.0. The lowest BCUT2D eigenvalue weighted by atomic mass is 10.2. The number of nitrogens with zero attached hydrogens (tertiary/aromatic N) is 1. The number of hydrogen-bond acceptors (Lipinski definition) is 3. The number of anilines is 1. The Kier molecular flexibility index (Phi) is 4.60. The van der Waals surface area contributed by atoms with Crippen molar-refractivity contribution in [2.75, 3.05) is 19.1 Å². The SMILES string of the molecule is COc1ccccc1N(C)C(=O)OCc1ccccc1. The van der Waals surface area contributed by atoms with Crippen LogP contribution in [0.2, 0.25) is 0 Å². The molecule has 2 aromatic rings. The number of benzene rings is 2. The molecule has 2 aromatic carbocycles. The fourth-order valence-corrected chi connectivity index (χ4v) is 1.82. The summed E-state index contributed by atoms with van der Waals surface area (Å²) in [4.78, 5) is 13.5. The van der Waals surface area contributed by atoms with E-state index in [4.69, 9.17) is 9.47 Å². The second-order valence-corrected chi connectivity index (χ2v) is 4.27. The monoisotopic (exact) mass is 271 g/mol. The Morgan fingerprint density at radius 3 is 2.40 bits per heavy atom. The quantitative estimate of drug-likeness (QED) is 0.854. The number of ether oxygens (including phenoxy) is 2. The molecule has 1 amide bonds. The Morgan fingerprint density at radius 2 is 1.70 bits per heavy atom. The van der Waals surface area contributed by atoms with Crippen molar-refractivity contribution < 1.29 is 14.3 Å². The second-order valence-electron chi connectivity index (χ2n) is 4.27. The largest absolute Gasteiger partial charge is 0.495 e. The van der Waals surface area contributed by atoms with Gasteiger partial charge in [-0.1, -0.05) is 42.5 Å². The van der Waals surface area contributed by atoms with E-state index in [0.29, 0.717) is 11.4 Å². The summed E-state index contributed by atoms with van der Waals surface area (Å²) in [5.74, 6) is 0.631. The Morgan fingerprint density at radius 1 is 1.05 bits per heavy atom. The Labute approximate surface area is 118 Å². The smallest absolute Gasteiger partial charge is 0.414 e. The van der Waals surface area contributed by atoms with Gasteiger partial charge in [-0.05, 0) is 17.7 Å². The molecule has 0 heterocycles. The van der Waals surface area contributed by atoms with E-state index in [0.717, 1.165) is 5.56 Å². The molecule has 0 fully saturated rings. The molecular formula is C16H17NO3. The molecule has 104 valence electrons. The number of amides is 1. The highest BCUT2D eigenvalue weighted by molar-refractivity contribution is 5.88. The van der Waals surface area contributed by atoms with Gasteiger partial charge in [0.1, 0.15) is 12.4 Å². The zero-order valence-electron chi connectivity index (χ0n) is 11.6. The lowest BCUT2D eigenvalue weighted by Crippen LogP contribution is -2.27. The van der Waals surface area contributed by atoms with E-state index >= 15 is 0 Å². The highest BCUT2D eigenvalue weighted by atomic mass is 16.6. The van der Waals surface area contributed by atoms with Crippen molar-refractivity contribution in [2.45, 2.75) is 6.61 Å². The van der Waals surface area contributed by atoms with Crippen LogP contribution in [0.3, 0.4) is 0 Å². The summed E-state index contributed by atoms with van der Waals surface area (Å²) in [6, 6.07) is 16.9. The molecule has 0 N–H and O–H groups in total. The third kappa shape index (κ3) is 3.29. The molecule has 2 rings (SSSR count). The summed E-state index contributed by atoms with van der Waals surface area (Å²) in [6.07, 6.45) is -0.418. The molecule has 4 nitrogen and oxygen atoms in total. The highest BCUT2D eigenvalue weighted by Gasteiger charge is 2.15. The van der Waals surface area contributed by atoms with E-state index in [1.54, 1.807) is 20.2 Å². The van der Waals surface area contributed by atoms with Crippen molar-refractivity contribution in [2.24, 2.45) is 0 Å². The van der Waals surface area contributed by atoms with Crippen LogP contribution in [0.1, 0.15) is 5.56 Å². The first kappa shape index (κ1) is 13.9. The van der Waals surface area contributed by atoms with Crippen LogP contribution in [0.25, 0.3) is 0 Å². The number of hydrogen-bond donors (Lipinski definition) is 0. The van der Waals surface area contributed by atoms with Crippen LogP contribution in [-0.4, -0.2) is 20.3 Å². The molecule has 0 aliphatic heterocycles. The van der Waals surface area contributed by atoms with Crippen molar-refractivity contribution in [1.82, 2.24) is 0 Å². The molecule has 0 saturated carbocycles. The molecule has 0 aliphatic carbocycles. The van der Waals surface area contributed by atoms with Crippen LogP contribution < -0.4 is 9.64 Å². The molecule has 4 heteroatoms. The fourth-order valence-electron chi connectivity index (χ4n) is 1.82. The summed E-state index contributed by atoms with van der Waals surface area (Å²) in [7, 11) is 3.23. The van der Waals surface area contributed by atoms with E-state index in [9.17, 15) is 4.79 Å². The van der Waals surface area contributed by atoms with Crippen LogP contribution >= 0.6 is 0 Å². The fraction of sp³-hybridized carbons (Fsp3) is 0.188. The molecule has 20 heavy (non-hydrogen) atoms. The van der Waals surface area contributed by atoms with Crippen molar-refractivity contribution in [3.63, 3.8) is 0 Å². The van der Waals surface area contributed by atoms with Gasteiger partial charge in [0, 0.05) is 7.05 Å². The summed E-state index contributed by atoms with van der Waals surface area (Å²) >= 11 is 0. The standard InChI is InChI=1S/C16H17NO3/c1-17(14-10-6-7-11-15(14)19-2)16(18)20-12-13-8-4-3-5-9-13/h3-11H,12H2,1-2H3. The Balaban J connectivity index is 2.02. The predicted molar refractivity (Wildman–Crippen MR) is 78.0 cm³/mol. The normalized spacial score (nSPS) is 9.90. The summed E-state index contributed by atoms with van der Waals surface area (Å²) < 4.78 is 10.5. The van der Waals surface area contributed by atoms with E-state index in [-0.39, 0.29) is 6.61 Å². The van der Waals surface area contributed by atoms with Gasteiger partial charge in [0.2, 0.25) is 0 Å². The number of methoxy groups -OCH3 is 1. The molecule has 0 aromatic heterocycles. The first-order chi connectivity index (χ1) is 9.72. The maximum Gasteiger partial charge on any atom is 0.414 e. The van der Waals surface area contributed by atoms with Crippen LogP contribution in [0.4, 0.5) is 10.5 Å². The van der Waals surface area contributed by atoms with Crippen molar-refractivity contribution in [3.8, 4) is 5.75 Å². The summed E-state index contributed by atoms with van der Waals surface area (Å²) in [5, 5.41) is 0. The minimum atomic E-state index is -0.418. The van der Waals surface area contributed by atoms with Gasteiger partial charge in [-0.2, -0.15) is 0 Å². The third-order valence-electron chi connectivity index (χ3n) is 2.93. The summed E-state index contributed by atoms with van der Waals surface area (Å²) in [5.41, 5.74) is 1.63. The van der Waals surface area contributed by atoms with E-state index in [1.165, 1.54) is 4.90 Å². The lowest BCUT2D eigenvalue weighted by Gasteiger charge is -2.19. The van der Waals surface area contributed by atoms with Gasteiger partial charge in [-0.3, -0.25) is 4.90 Å². The zero-order valence-corrected chi connectivity index (χ0v) is 11.6. The third-order valence-corrected chi connectivity index (χ3v) is 2.93. The number of rotatable bonds is 4. The van der Waals surface area contributed by atoms with Crippen LogP contribution in [-0.2, 0) is 11.3 Å². The zero-order chi connectivity index (χ0) is 14.4. The molecule has 0 unspecified atom stereocenters. The Hall–Kier alpha value is -2.49. The van der Waals surface area contributed by atoms with Gasteiger partial charge in [-0.15, -0.1) is 0 Å². The van der Waals surface area contributed by atoms with Gasteiger partial charge < -0.3 is 9.47 Å². The van der Waals surface area contributed by atoms with Gasteiger partial charge in [0.05, 0.1) is 12.8 Å². The maximum absolute atomic E-state index is 12.0. The van der Waals surface area contributed by atoms with Crippen molar-refractivity contribution >= 4 is 11.8 Å². The molecule has 0 saturated heterocycles.